The van der Waals surface area contributed by atoms with Gasteiger partial charge in [0, 0.05) is 21.1 Å². The number of halogens is 1. The summed E-state index contributed by atoms with van der Waals surface area (Å²) in [5.41, 5.74) is 7.27. The van der Waals surface area contributed by atoms with Crippen LogP contribution in [0.4, 0.5) is 5.69 Å². The molecule has 0 fully saturated rings. The monoisotopic (exact) mass is 444 g/mol. The zero-order chi connectivity index (χ0) is 20.5. The van der Waals surface area contributed by atoms with E-state index in [-0.39, 0.29) is 5.91 Å². The molecule has 0 aliphatic carbocycles. The Morgan fingerprint density at radius 3 is 2.38 bits per heavy atom. The molecule has 0 saturated carbocycles. The van der Waals surface area contributed by atoms with Crippen LogP contribution in [0.15, 0.2) is 71.2 Å². The summed E-state index contributed by atoms with van der Waals surface area (Å²) in [5.74, 6) is -0.138. The minimum Gasteiger partial charge on any atom is -0.322 e. The van der Waals surface area contributed by atoms with Gasteiger partial charge in [0.15, 0.2) is 0 Å². The quantitative estimate of drug-likeness (QED) is 0.375. The van der Waals surface area contributed by atoms with Gasteiger partial charge in [-0.1, -0.05) is 57.9 Å². The third-order valence-electron chi connectivity index (χ3n) is 4.98. The molecular formula is C25H21BrN2O. The molecule has 1 heterocycles. The highest BCUT2D eigenvalue weighted by molar-refractivity contribution is 9.10. The summed E-state index contributed by atoms with van der Waals surface area (Å²) in [7, 11) is 0. The van der Waals surface area contributed by atoms with Crippen LogP contribution in [0.25, 0.3) is 22.2 Å². The number of hydrogen-bond acceptors (Lipinski definition) is 2. The highest BCUT2D eigenvalue weighted by atomic mass is 79.9. The molecule has 1 aromatic heterocycles. The fourth-order valence-electron chi connectivity index (χ4n) is 3.55. The molecule has 0 radical (unpaired) electrons. The number of aryl methyl sites for hydroxylation is 3. The molecule has 0 aliphatic heterocycles. The van der Waals surface area contributed by atoms with E-state index in [1.54, 1.807) is 0 Å². The first kappa shape index (κ1) is 19.3. The number of aromatic nitrogens is 1. The van der Waals surface area contributed by atoms with Gasteiger partial charge in [-0.25, -0.2) is 4.98 Å². The van der Waals surface area contributed by atoms with Gasteiger partial charge in [-0.05, 0) is 62.2 Å². The standard InChI is InChI=1S/C25H21BrN2O/c1-15-11-17(3)24-20(12-15)21(14-23(28-24)18-7-5-4-6-8-18)25(29)27-19-9-10-22(26)16(2)13-19/h4-14H,1-3H3,(H,27,29). The van der Waals surface area contributed by atoms with Crippen LogP contribution in [-0.2, 0) is 0 Å². The number of anilines is 1. The third-order valence-corrected chi connectivity index (χ3v) is 5.87. The summed E-state index contributed by atoms with van der Waals surface area (Å²) >= 11 is 3.50. The summed E-state index contributed by atoms with van der Waals surface area (Å²) < 4.78 is 1.02. The lowest BCUT2D eigenvalue weighted by Gasteiger charge is -2.13. The molecule has 0 saturated heterocycles. The largest absolute Gasteiger partial charge is 0.322 e. The second kappa shape index (κ2) is 7.80. The first-order valence-corrected chi connectivity index (χ1v) is 10.3. The normalized spacial score (nSPS) is 10.9. The van der Waals surface area contributed by atoms with Crippen LogP contribution in [0, 0.1) is 20.8 Å². The van der Waals surface area contributed by atoms with Crippen molar-refractivity contribution in [2.45, 2.75) is 20.8 Å². The molecule has 0 bridgehead atoms. The lowest BCUT2D eigenvalue weighted by atomic mass is 9.99. The number of carbonyl (C=O) groups is 1. The number of carbonyl (C=O) groups excluding carboxylic acids is 1. The molecule has 4 heteroatoms. The molecule has 0 atom stereocenters. The zero-order valence-electron chi connectivity index (χ0n) is 16.6. The van der Waals surface area contributed by atoms with Crippen molar-refractivity contribution in [3.05, 3.63) is 93.5 Å². The van der Waals surface area contributed by atoms with Crippen molar-refractivity contribution in [2.75, 3.05) is 5.32 Å². The first-order valence-electron chi connectivity index (χ1n) is 9.47. The highest BCUT2D eigenvalue weighted by Crippen LogP contribution is 2.29. The van der Waals surface area contributed by atoms with Crippen LogP contribution in [0.2, 0.25) is 0 Å². The minimum atomic E-state index is -0.138. The lowest BCUT2D eigenvalue weighted by molar-refractivity contribution is 0.102. The molecule has 1 amide bonds. The van der Waals surface area contributed by atoms with Gasteiger partial charge in [-0.15, -0.1) is 0 Å². The molecule has 3 aromatic carbocycles. The van der Waals surface area contributed by atoms with E-state index in [1.165, 1.54) is 0 Å². The molecule has 3 nitrogen and oxygen atoms in total. The molecule has 0 spiro atoms. The Labute approximate surface area is 178 Å². The summed E-state index contributed by atoms with van der Waals surface area (Å²) in [6.45, 7) is 6.08. The molecule has 0 unspecified atom stereocenters. The Morgan fingerprint density at radius 1 is 0.897 bits per heavy atom. The fourth-order valence-corrected chi connectivity index (χ4v) is 3.79. The van der Waals surface area contributed by atoms with Crippen molar-refractivity contribution in [1.82, 2.24) is 4.98 Å². The Morgan fingerprint density at radius 2 is 1.66 bits per heavy atom. The van der Waals surface area contributed by atoms with E-state index in [9.17, 15) is 4.79 Å². The average Bonchev–Trinajstić information content (AvgIpc) is 2.70. The Kier molecular flexibility index (Phi) is 5.20. The van der Waals surface area contributed by atoms with Crippen molar-refractivity contribution in [3.63, 3.8) is 0 Å². The van der Waals surface area contributed by atoms with Crippen molar-refractivity contribution >= 4 is 38.4 Å². The smallest absolute Gasteiger partial charge is 0.256 e. The maximum Gasteiger partial charge on any atom is 0.256 e. The number of hydrogen-bond donors (Lipinski definition) is 1. The summed E-state index contributed by atoms with van der Waals surface area (Å²) in [6.07, 6.45) is 0. The number of fused-ring (bicyclic) bond motifs is 1. The van der Waals surface area contributed by atoms with Gasteiger partial charge in [0.2, 0.25) is 0 Å². The predicted octanol–water partition coefficient (Wildman–Crippen LogP) is 6.84. The van der Waals surface area contributed by atoms with Crippen LogP contribution in [0.3, 0.4) is 0 Å². The fraction of sp³-hybridized carbons (Fsp3) is 0.120. The average molecular weight is 445 g/mol. The van der Waals surface area contributed by atoms with Gasteiger partial charge in [0.05, 0.1) is 16.8 Å². The maximum absolute atomic E-state index is 13.3. The zero-order valence-corrected chi connectivity index (χ0v) is 18.2. The van der Waals surface area contributed by atoms with Gasteiger partial charge in [0.25, 0.3) is 5.91 Å². The van der Waals surface area contributed by atoms with Crippen molar-refractivity contribution in [1.29, 1.82) is 0 Å². The number of pyridine rings is 1. The molecule has 1 N–H and O–H groups in total. The Bertz CT molecular complexity index is 1230. The van der Waals surface area contributed by atoms with E-state index < -0.39 is 0 Å². The SMILES string of the molecule is Cc1cc(C)c2nc(-c3ccccc3)cc(C(=O)Nc3ccc(Br)c(C)c3)c2c1. The number of nitrogens with zero attached hydrogens (tertiary/aromatic N) is 1. The van der Waals surface area contributed by atoms with E-state index in [2.05, 4.69) is 27.3 Å². The van der Waals surface area contributed by atoms with E-state index in [4.69, 9.17) is 4.98 Å². The summed E-state index contributed by atoms with van der Waals surface area (Å²) in [6, 6.07) is 21.8. The summed E-state index contributed by atoms with van der Waals surface area (Å²) in [5, 5.41) is 3.92. The molecule has 0 aliphatic rings. The van der Waals surface area contributed by atoms with Gasteiger partial charge < -0.3 is 5.32 Å². The molecule has 4 aromatic rings. The van der Waals surface area contributed by atoms with E-state index in [0.29, 0.717) is 5.56 Å². The van der Waals surface area contributed by atoms with Crippen molar-refractivity contribution in [2.24, 2.45) is 0 Å². The van der Waals surface area contributed by atoms with Gasteiger partial charge in [-0.3, -0.25) is 4.79 Å². The van der Waals surface area contributed by atoms with Gasteiger partial charge in [-0.2, -0.15) is 0 Å². The van der Waals surface area contributed by atoms with Crippen LogP contribution < -0.4 is 5.32 Å². The third kappa shape index (κ3) is 3.94. The number of benzene rings is 3. The minimum absolute atomic E-state index is 0.138. The molecule has 29 heavy (non-hydrogen) atoms. The Balaban J connectivity index is 1.86. The van der Waals surface area contributed by atoms with E-state index in [0.717, 1.165) is 49.0 Å². The van der Waals surface area contributed by atoms with Crippen LogP contribution >= 0.6 is 15.9 Å². The number of rotatable bonds is 3. The molecule has 4 rings (SSSR count). The number of nitrogens with one attached hydrogen (secondary N) is 1. The van der Waals surface area contributed by atoms with Crippen LogP contribution in [-0.4, -0.2) is 10.9 Å². The Hall–Kier alpha value is -2.98. The predicted molar refractivity (Wildman–Crippen MR) is 123 cm³/mol. The highest BCUT2D eigenvalue weighted by Gasteiger charge is 2.16. The number of amides is 1. The van der Waals surface area contributed by atoms with E-state index in [1.807, 2.05) is 81.4 Å². The second-order valence-corrected chi connectivity index (χ2v) is 8.17. The second-order valence-electron chi connectivity index (χ2n) is 7.32. The summed E-state index contributed by atoms with van der Waals surface area (Å²) in [4.78, 5) is 18.2. The first-order chi connectivity index (χ1) is 13.9. The van der Waals surface area contributed by atoms with Crippen molar-refractivity contribution in [3.8, 4) is 11.3 Å². The van der Waals surface area contributed by atoms with E-state index >= 15 is 0 Å². The van der Waals surface area contributed by atoms with Gasteiger partial charge in [0.1, 0.15) is 0 Å². The van der Waals surface area contributed by atoms with Crippen LogP contribution in [0.5, 0.6) is 0 Å². The maximum atomic E-state index is 13.3. The van der Waals surface area contributed by atoms with Gasteiger partial charge >= 0.3 is 0 Å². The molecule has 144 valence electrons. The molecular weight excluding hydrogens is 424 g/mol. The van der Waals surface area contributed by atoms with Crippen molar-refractivity contribution < 1.29 is 4.79 Å². The topological polar surface area (TPSA) is 42.0 Å². The lowest BCUT2D eigenvalue weighted by Crippen LogP contribution is -2.13. The van der Waals surface area contributed by atoms with Crippen LogP contribution in [0.1, 0.15) is 27.0 Å².